The number of nitrogens with one attached hydrogen (secondary N) is 1. The van der Waals surface area contributed by atoms with Crippen molar-refractivity contribution in [2.24, 2.45) is 0 Å². The summed E-state index contributed by atoms with van der Waals surface area (Å²) in [5.41, 5.74) is 1.08. The number of carbonyl (C=O) groups is 2. The number of benzene rings is 2. The molecule has 2 aromatic carbocycles. The summed E-state index contributed by atoms with van der Waals surface area (Å²) in [7, 11) is -3.79. The van der Waals surface area contributed by atoms with E-state index in [2.05, 4.69) is 5.32 Å². The molecule has 2 rings (SSSR count). The van der Waals surface area contributed by atoms with Crippen molar-refractivity contribution in [2.75, 3.05) is 23.7 Å². The summed E-state index contributed by atoms with van der Waals surface area (Å²) in [4.78, 5) is 27.5. The van der Waals surface area contributed by atoms with Gasteiger partial charge < -0.3 is 15.0 Å². The fraction of sp³-hybridized carbons (Fsp3) is 0.417. The Morgan fingerprint density at radius 2 is 1.62 bits per heavy atom. The monoisotopic (exact) mass is 509 g/mol. The van der Waals surface area contributed by atoms with Crippen molar-refractivity contribution in [3.05, 3.63) is 59.1 Å². The van der Waals surface area contributed by atoms with E-state index in [1.165, 1.54) is 4.90 Å². The molecule has 0 saturated carbocycles. The number of carbonyl (C=O) groups excluding carboxylic acids is 2. The van der Waals surface area contributed by atoms with Crippen molar-refractivity contribution in [1.29, 1.82) is 0 Å². The summed E-state index contributed by atoms with van der Waals surface area (Å²) in [6.45, 7) is 7.25. The molecule has 1 atom stereocenters. The molecule has 2 amide bonds. The Hall–Kier alpha value is -2.78. The van der Waals surface area contributed by atoms with Crippen LogP contribution in [-0.2, 0) is 26.2 Å². The number of anilines is 1. The van der Waals surface area contributed by atoms with E-state index < -0.39 is 28.5 Å². The molecule has 0 spiro atoms. The summed E-state index contributed by atoms with van der Waals surface area (Å²) < 4.78 is 31.6. The number of nitrogens with zero attached hydrogens (tertiary/aromatic N) is 2. The number of hydrogen-bond acceptors (Lipinski definition) is 5. The van der Waals surface area contributed by atoms with E-state index in [0.717, 1.165) is 16.1 Å². The molecule has 0 aliphatic carbocycles. The van der Waals surface area contributed by atoms with Crippen LogP contribution in [0, 0.1) is 0 Å². The van der Waals surface area contributed by atoms with Gasteiger partial charge in [0, 0.05) is 17.6 Å². The standard InChI is InChI=1S/C24H32ClN3O5S/c1-6-33-22-13-11-21(12-14-22)28(34(5,31)32)16-23(29)27(18(4)24(30)26-17(2)3)15-19-7-9-20(25)10-8-19/h7-14,17-18H,6,15-16H2,1-5H3,(H,26,30)/t18-/m1/s1. The highest BCUT2D eigenvalue weighted by Crippen LogP contribution is 2.22. The molecule has 186 valence electrons. The molecular weight excluding hydrogens is 478 g/mol. The zero-order valence-electron chi connectivity index (χ0n) is 20.1. The van der Waals surface area contributed by atoms with Crippen molar-refractivity contribution < 1.29 is 22.7 Å². The van der Waals surface area contributed by atoms with E-state index in [9.17, 15) is 18.0 Å². The van der Waals surface area contributed by atoms with Crippen LogP contribution in [0.5, 0.6) is 5.75 Å². The van der Waals surface area contributed by atoms with Gasteiger partial charge in [0.05, 0.1) is 18.6 Å². The smallest absolute Gasteiger partial charge is 0.244 e. The predicted molar refractivity (Wildman–Crippen MR) is 135 cm³/mol. The molecule has 34 heavy (non-hydrogen) atoms. The molecule has 0 fully saturated rings. The molecule has 0 saturated heterocycles. The van der Waals surface area contributed by atoms with Crippen molar-refractivity contribution in [3.63, 3.8) is 0 Å². The lowest BCUT2D eigenvalue weighted by atomic mass is 10.1. The summed E-state index contributed by atoms with van der Waals surface area (Å²) >= 11 is 5.97. The van der Waals surface area contributed by atoms with Gasteiger partial charge in [0.25, 0.3) is 0 Å². The molecule has 0 aliphatic rings. The molecule has 10 heteroatoms. The van der Waals surface area contributed by atoms with Crippen molar-refractivity contribution in [1.82, 2.24) is 10.2 Å². The van der Waals surface area contributed by atoms with E-state index in [0.29, 0.717) is 23.1 Å². The lowest BCUT2D eigenvalue weighted by Gasteiger charge is -2.32. The van der Waals surface area contributed by atoms with Crippen LogP contribution in [0.2, 0.25) is 5.02 Å². The second-order valence-corrected chi connectivity index (χ2v) is 10.5. The first-order chi connectivity index (χ1) is 15.9. The van der Waals surface area contributed by atoms with Gasteiger partial charge >= 0.3 is 0 Å². The Labute approximate surface area is 206 Å². The van der Waals surface area contributed by atoms with Crippen LogP contribution in [-0.4, -0.2) is 56.6 Å². The molecule has 8 nitrogen and oxygen atoms in total. The lowest BCUT2D eigenvalue weighted by molar-refractivity contribution is -0.139. The minimum absolute atomic E-state index is 0.112. The molecule has 1 N–H and O–H groups in total. The maximum absolute atomic E-state index is 13.4. The first-order valence-corrected chi connectivity index (χ1v) is 13.2. The minimum atomic E-state index is -3.79. The van der Waals surface area contributed by atoms with Gasteiger partial charge in [0.1, 0.15) is 18.3 Å². The molecule has 0 heterocycles. The van der Waals surface area contributed by atoms with Crippen LogP contribution in [0.3, 0.4) is 0 Å². The van der Waals surface area contributed by atoms with Gasteiger partial charge in [-0.25, -0.2) is 8.42 Å². The van der Waals surface area contributed by atoms with Crippen LogP contribution in [0.25, 0.3) is 0 Å². The van der Waals surface area contributed by atoms with Crippen molar-refractivity contribution in [2.45, 2.75) is 46.3 Å². The normalized spacial score (nSPS) is 12.2. The number of rotatable bonds is 11. The number of hydrogen-bond donors (Lipinski definition) is 1. The van der Waals surface area contributed by atoms with Gasteiger partial charge in [-0.2, -0.15) is 0 Å². The average molecular weight is 510 g/mol. The molecular formula is C24H32ClN3O5S. The third-order valence-electron chi connectivity index (χ3n) is 4.98. The summed E-state index contributed by atoms with van der Waals surface area (Å²) in [6, 6.07) is 12.4. The molecule has 0 aromatic heterocycles. The van der Waals surface area contributed by atoms with E-state index in [1.54, 1.807) is 55.5 Å². The van der Waals surface area contributed by atoms with Gasteiger partial charge in [-0.3, -0.25) is 13.9 Å². The minimum Gasteiger partial charge on any atom is -0.494 e. The van der Waals surface area contributed by atoms with Crippen LogP contribution in [0.1, 0.15) is 33.3 Å². The van der Waals surface area contributed by atoms with Crippen LogP contribution in [0.4, 0.5) is 5.69 Å². The third kappa shape index (κ3) is 7.92. The number of amides is 2. The summed E-state index contributed by atoms with van der Waals surface area (Å²) in [5, 5.41) is 3.35. The molecule has 0 bridgehead atoms. The van der Waals surface area contributed by atoms with Gasteiger partial charge in [-0.05, 0) is 69.7 Å². The zero-order chi connectivity index (χ0) is 25.5. The van der Waals surface area contributed by atoms with E-state index >= 15 is 0 Å². The van der Waals surface area contributed by atoms with Gasteiger partial charge in [0.2, 0.25) is 21.8 Å². The average Bonchev–Trinajstić information content (AvgIpc) is 2.76. The van der Waals surface area contributed by atoms with Gasteiger partial charge in [-0.15, -0.1) is 0 Å². The molecule has 2 aromatic rings. The lowest BCUT2D eigenvalue weighted by Crippen LogP contribution is -2.52. The fourth-order valence-corrected chi connectivity index (χ4v) is 4.24. The van der Waals surface area contributed by atoms with Crippen LogP contribution in [0.15, 0.2) is 48.5 Å². The second-order valence-electron chi connectivity index (χ2n) is 8.18. The maximum atomic E-state index is 13.4. The van der Waals surface area contributed by atoms with E-state index in [1.807, 2.05) is 20.8 Å². The van der Waals surface area contributed by atoms with Crippen LogP contribution >= 0.6 is 11.6 Å². The molecule has 0 unspecified atom stereocenters. The zero-order valence-corrected chi connectivity index (χ0v) is 21.7. The number of halogens is 1. The Morgan fingerprint density at radius 3 is 2.12 bits per heavy atom. The number of sulfonamides is 1. The SMILES string of the molecule is CCOc1ccc(N(CC(=O)N(Cc2ccc(Cl)cc2)[C@H](C)C(=O)NC(C)C)S(C)(=O)=O)cc1. The maximum Gasteiger partial charge on any atom is 0.244 e. The second kappa shape index (κ2) is 12.1. The first-order valence-electron chi connectivity index (χ1n) is 11.0. The quantitative estimate of drug-likeness (QED) is 0.500. The topological polar surface area (TPSA) is 96.0 Å². The van der Waals surface area contributed by atoms with Gasteiger partial charge in [0.15, 0.2) is 0 Å². The Bertz CT molecular complexity index is 1070. The van der Waals surface area contributed by atoms with E-state index in [-0.39, 0.29) is 18.5 Å². The highest BCUT2D eigenvalue weighted by Gasteiger charge is 2.30. The van der Waals surface area contributed by atoms with E-state index in [4.69, 9.17) is 16.3 Å². The van der Waals surface area contributed by atoms with Crippen molar-refractivity contribution in [3.8, 4) is 5.75 Å². The third-order valence-corrected chi connectivity index (χ3v) is 6.37. The largest absolute Gasteiger partial charge is 0.494 e. The Balaban J connectivity index is 2.35. The molecule has 0 radical (unpaired) electrons. The highest BCUT2D eigenvalue weighted by atomic mass is 35.5. The molecule has 0 aliphatic heterocycles. The predicted octanol–water partition coefficient (Wildman–Crippen LogP) is 3.45. The summed E-state index contributed by atoms with van der Waals surface area (Å²) in [6.07, 6.45) is 1.04. The fourth-order valence-electron chi connectivity index (χ4n) is 3.26. The van der Waals surface area contributed by atoms with Crippen LogP contribution < -0.4 is 14.4 Å². The first kappa shape index (κ1) is 27.5. The Kier molecular flexibility index (Phi) is 9.76. The number of ether oxygens (including phenoxy) is 1. The van der Waals surface area contributed by atoms with Gasteiger partial charge in [-0.1, -0.05) is 23.7 Å². The summed E-state index contributed by atoms with van der Waals surface area (Å²) in [5.74, 6) is -0.251. The highest BCUT2D eigenvalue weighted by molar-refractivity contribution is 7.92. The van der Waals surface area contributed by atoms with Crippen molar-refractivity contribution >= 4 is 39.1 Å². The Morgan fingerprint density at radius 1 is 1.03 bits per heavy atom.